The van der Waals surface area contributed by atoms with Gasteiger partial charge in [-0.1, -0.05) is 41.9 Å². The Morgan fingerprint density at radius 1 is 1.08 bits per heavy atom. The van der Waals surface area contributed by atoms with Crippen LogP contribution in [-0.2, 0) is 19.1 Å². The van der Waals surface area contributed by atoms with Gasteiger partial charge in [0.05, 0.1) is 42.4 Å². The number of hydrogen-bond acceptors (Lipinski definition) is 9. The monoisotopic (exact) mass is 536 g/mol. The van der Waals surface area contributed by atoms with Gasteiger partial charge in [-0.15, -0.1) is 0 Å². The largest absolute Gasteiger partial charge is 0.491 e. The van der Waals surface area contributed by atoms with E-state index < -0.39 is 17.9 Å². The summed E-state index contributed by atoms with van der Waals surface area (Å²) in [5, 5.41) is 10.4. The summed E-state index contributed by atoms with van der Waals surface area (Å²) in [6, 6.07) is 15.8. The second kappa shape index (κ2) is 12.0. The maximum Gasteiger partial charge on any atom is 0.355 e. The van der Waals surface area contributed by atoms with Gasteiger partial charge in [0.25, 0.3) is 0 Å². The van der Waals surface area contributed by atoms with Crippen molar-refractivity contribution in [2.45, 2.75) is 18.8 Å². The number of ether oxygens (including phenoxy) is 3. The van der Waals surface area contributed by atoms with Gasteiger partial charge in [0.2, 0.25) is 0 Å². The van der Waals surface area contributed by atoms with Crippen molar-refractivity contribution in [2.75, 3.05) is 45.4 Å². The number of nitrogens with two attached hydrogens (primary N) is 1. The van der Waals surface area contributed by atoms with E-state index in [1.807, 2.05) is 0 Å². The molecule has 9 nitrogen and oxygen atoms in total. The number of likely N-dealkylation sites (tertiary alicyclic amines) is 1. The van der Waals surface area contributed by atoms with Gasteiger partial charge in [-0.25, -0.2) is 9.59 Å². The summed E-state index contributed by atoms with van der Waals surface area (Å²) in [6.07, 6.45) is 2.39. The van der Waals surface area contributed by atoms with E-state index in [9.17, 15) is 14.9 Å². The summed E-state index contributed by atoms with van der Waals surface area (Å²) in [5.74, 6) is -2.13. The van der Waals surface area contributed by atoms with Crippen LogP contribution in [0.25, 0.3) is 0 Å². The van der Waals surface area contributed by atoms with Crippen molar-refractivity contribution in [3.8, 4) is 11.8 Å². The normalized spacial score (nSPS) is 17.8. The predicted molar refractivity (Wildman–Crippen MR) is 142 cm³/mol. The second-order valence-electron chi connectivity index (χ2n) is 8.85. The van der Waals surface area contributed by atoms with Gasteiger partial charge < -0.3 is 19.9 Å². The first-order valence-electron chi connectivity index (χ1n) is 12.2. The Labute approximate surface area is 226 Å². The highest BCUT2D eigenvalue weighted by atomic mass is 35.5. The van der Waals surface area contributed by atoms with Crippen molar-refractivity contribution >= 4 is 29.2 Å². The number of methoxy groups -OCH3 is 2. The number of benzene rings is 2. The first kappa shape index (κ1) is 27.0. The Morgan fingerprint density at radius 2 is 1.76 bits per heavy atom. The van der Waals surface area contributed by atoms with Crippen LogP contribution in [0.1, 0.15) is 24.3 Å². The molecule has 1 fully saturated rings. The molecule has 198 valence electrons. The molecule has 1 atom stereocenters. The van der Waals surface area contributed by atoms with Gasteiger partial charge in [0.15, 0.2) is 0 Å². The lowest BCUT2D eigenvalue weighted by Crippen LogP contribution is -2.40. The standard InChI is InChI=1S/C28H29ClN4O5/c1-36-27(34)24-23(18-8-4-3-5-9-18)20(17-30)26(31)33(25(24)28(35)37-2)19-10-11-22(21(29)16-19)38-15-14-32-12-6-7-13-32/h3-5,8-11,16,23H,6-7,12-15,31H2,1-2H3. The van der Waals surface area contributed by atoms with Crippen LogP contribution < -0.4 is 15.4 Å². The van der Waals surface area contributed by atoms with E-state index in [1.54, 1.807) is 48.5 Å². The van der Waals surface area contributed by atoms with Crippen LogP contribution >= 0.6 is 11.6 Å². The van der Waals surface area contributed by atoms with Gasteiger partial charge >= 0.3 is 11.9 Å². The lowest BCUT2D eigenvalue weighted by molar-refractivity contribution is -0.139. The van der Waals surface area contributed by atoms with Crippen molar-refractivity contribution in [3.63, 3.8) is 0 Å². The van der Waals surface area contributed by atoms with Crippen LogP contribution in [0.15, 0.2) is 71.2 Å². The molecular formula is C28H29ClN4O5. The molecule has 2 N–H and O–H groups in total. The number of allylic oxidation sites excluding steroid dienone is 1. The van der Waals surface area contributed by atoms with Crippen molar-refractivity contribution in [1.29, 1.82) is 5.26 Å². The van der Waals surface area contributed by atoms with E-state index in [1.165, 1.54) is 32.0 Å². The smallest absolute Gasteiger partial charge is 0.355 e. The van der Waals surface area contributed by atoms with Crippen LogP contribution in [0.5, 0.6) is 5.75 Å². The fourth-order valence-corrected chi connectivity index (χ4v) is 5.05. The first-order valence-corrected chi connectivity index (χ1v) is 12.6. The number of anilines is 1. The number of carbonyl (C=O) groups is 2. The highest BCUT2D eigenvalue weighted by Gasteiger charge is 2.43. The summed E-state index contributed by atoms with van der Waals surface area (Å²) in [5.41, 5.74) is 7.31. The van der Waals surface area contributed by atoms with Gasteiger partial charge in [0, 0.05) is 12.2 Å². The van der Waals surface area contributed by atoms with E-state index in [0.29, 0.717) is 23.6 Å². The average molecular weight is 537 g/mol. The quantitative estimate of drug-likeness (QED) is 0.503. The summed E-state index contributed by atoms with van der Waals surface area (Å²) in [4.78, 5) is 29.9. The molecule has 1 unspecified atom stereocenters. The van der Waals surface area contributed by atoms with Crippen molar-refractivity contribution in [3.05, 3.63) is 81.8 Å². The van der Waals surface area contributed by atoms with E-state index in [0.717, 1.165) is 19.6 Å². The van der Waals surface area contributed by atoms with Gasteiger partial charge in [0.1, 0.15) is 23.9 Å². The highest BCUT2D eigenvalue weighted by molar-refractivity contribution is 6.32. The third-order valence-electron chi connectivity index (χ3n) is 6.65. The molecule has 0 aliphatic carbocycles. The number of hydrogen-bond donors (Lipinski definition) is 1. The van der Waals surface area contributed by atoms with Gasteiger partial charge in [-0.3, -0.25) is 9.80 Å². The molecule has 10 heteroatoms. The minimum Gasteiger partial charge on any atom is -0.491 e. The van der Waals surface area contributed by atoms with Crippen molar-refractivity contribution in [1.82, 2.24) is 4.90 Å². The molecule has 2 aromatic carbocycles. The summed E-state index contributed by atoms with van der Waals surface area (Å²) in [6.45, 7) is 3.39. The van der Waals surface area contributed by atoms with Crippen LogP contribution in [0.3, 0.4) is 0 Å². The van der Waals surface area contributed by atoms with Crippen molar-refractivity contribution in [2.24, 2.45) is 5.73 Å². The van der Waals surface area contributed by atoms with Crippen LogP contribution in [0, 0.1) is 11.3 Å². The fraction of sp³-hybridized carbons (Fsp3) is 0.321. The average Bonchev–Trinajstić information content (AvgIpc) is 3.46. The topological polar surface area (TPSA) is 118 Å². The molecule has 2 heterocycles. The third-order valence-corrected chi connectivity index (χ3v) is 6.94. The molecule has 2 aromatic rings. The SMILES string of the molecule is COC(=O)C1=C(C(=O)OC)N(c2ccc(OCCN3CCCC3)c(Cl)c2)C(N)=C(C#N)C1c1ccccc1. The number of nitriles is 1. The minimum absolute atomic E-state index is 0.0341. The minimum atomic E-state index is -0.942. The Kier molecular flexibility index (Phi) is 8.56. The van der Waals surface area contributed by atoms with E-state index in [2.05, 4.69) is 11.0 Å². The van der Waals surface area contributed by atoms with Gasteiger partial charge in [-0.2, -0.15) is 5.26 Å². The third kappa shape index (κ3) is 5.32. The molecule has 2 aliphatic rings. The number of rotatable bonds is 8. The van der Waals surface area contributed by atoms with Gasteiger partial charge in [-0.05, 0) is 49.7 Å². The molecule has 0 bridgehead atoms. The van der Waals surface area contributed by atoms with E-state index in [4.69, 9.17) is 31.5 Å². The zero-order valence-electron chi connectivity index (χ0n) is 21.3. The Bertz CT molecular complexity index is 1310. The molecule has 0 amide bonds. The number of esters is 2. The zero-order chi connectivity index (χ0) is 27.2. The van der Waals surface area contributed by atoms with Crippen LogP contribution in [0.2, 0.25) is 5.02 Å². The second-order valence-corrected chi connectivity index (χ2v) is 9.25. The number of nitrogens with zero attached hydrogens (tertiary/aromatic N) is 3. The maximum atomic E-state index is 13.2. The summed E-state index contributed by atoms with van der Waals surface area (Å²) >= 11 is 6.56. The first-order chi connectivity index (χ1) is 18.4. The predicted octanol–water partition coefficient (Wildman–Crippen LogP) is 3.71. The Balaban J connectivity index is 1.79. The lowest BCUT2D eigenvalue weighted by atomic mass is 9.81. The molecule has 4 rings (SSSR count). The summed E-state index contributed by atoms with van der Waals surface area (Å²) in [7, 11) is 2.40. The zero-order valence-corrected chi connectivity index (χ0v) is 22.0. The van der Waals surface area contributed by atoms with E-state index >= 15 is 0 Å². The number of carbonyl (C=O) groups excluding carboxylic acids is 2. The molecular weight excluding hydrogens is 508 g/mol. The van der Waals surface area contributed by atoms with Crippen LogP contribution in [-0.4, -0.2) is 57.3 Å². The Morgan fingerprint density at radius 3 is 2.37 bits per heavy atom. The fourth-order valence-electron chi connectivity index (χ4n) is 4.82. The summed E-state index contributed by atoms with van der Waals surface area (Å²) < 4.78 is 16.0. The maximum absolute atomic E-state index is 13.2. The molecule has 38 heavy (non-hydrogen) atoms. The number of halogens is 1. The molecule has 0 aromatic heterocycles. The molecule has 1 saturated heterocycles. The molecule has 0 saturated carbocycles. The van der Waals surface area contributed by atoms with Crippen LogP contribution in [0.4, 0.5) is 5.69 Å². The Hall–Kier alpha value is -4.00. The lowest BCUT2D eigenvalue weighted by Gasteiger charge is -2.36. The van der Waals surface area contributed by atoms with Crippen molar-refractivity contribution < 1.29 is 23.8 Å². The molecule has 2 aliphatic heterocycles. The highest BCUT2D eigenvalue weighted by Crippen LogP contribution is 2.44. The molecule has 0 radical (unpaired) electrons. The molecule has 0 spiro atoms. The van der Waals surface area contributed by atoms with E-state index in [-0.39, 0.29) is 27.7 Å².